The fourth-order valence-corrected chi connectivity index (χ4v) is 7.23. The molecule has 1 aliphatic carbocycles. The average Bonchev–Trinajstić information content (AvgIpc) is 3.61. The third kappa shape index (κ3) is 5.12. The van der Waals surface area contributed by atoms with Crippen molar-refractivity contribution in [1.29, 1.82) is 0 Å². The molecule has 2 aromatic rings. The molecule has 5 atom stereocenters. The molecular formula is C32H36ClN3O5. The second-order valence-corrected chi connectivity index (χ2v) is 11.8. The molecule has 216 valence electrons. The Kier molecular flexibility index (Phi) is 7.79. The SMILES string of the molecule is CCOc1ccc(NC(=O)[C@H]2[C@H]3C=C[C@]4(O3)[C@H](C(=O)NC3CCCCC3)N(CCc3ccccc3Cl)C(=O)[C@@H]24)cc1. The van der Waals surface area contributed by atoms with Gasteiger partial charge in [-0.3, -0.25) is 14.4 Å². The molecule has 0 radical (unpaired) electrons. The summed E-state index contributed by atoms with van der Waals surface area (Å²) in [6, 6.07) is 13.9. The Labute approximate surface area is 245 Å². The molecule has 8 nitrogen and oxygen atoms in total. The second kappa shape index (κ2) is 11.5. The summed E-state index contributed by atoms with van der Waals surface area (Å²) in [5, 5.41) is 6.80. The summed E-state index contributed by atoms with van der Waals surface area (Å²) in [5.41, 5.74) is 0.308. The lowest BCUT2D eigenvalue weighted by Crippen LogP contribution is -2.56. The molecule has 41 heavy (non-hydrogen) atoms. The predicted octanol–water partition coefficient (Wildman–Crippen LogP) is 4.52. The molecule has 4 aliphatic rings. The number of nitrogens with zero attached hydrogens (tertiary/aromatic N) is 1. The zero-order chi connectivity index (χ0) is 28.6. The first-order chi connectivity index (χ1) is 19.9. The van der Waals surface area contributed by atoms with E-state index in [-0.39, 0.29) is 23.8 Å². The minimum Gasteiger partial charge on any atom is -0.494 e. The summed E-state index contributed by atoms with van der Waals surface area (Å²) in [6.45, 7) is 2.75. The van der Waals surface area contributed by atoms with Gasteiger partial charge in [0.25, 0.3) is 0 Å². The molecular weight excluding hydrogens is 542 g/mol. The van der Waals surface area contributed by atoms with Gasteiger partial charge in [-0.15, -0.1) is 0 Å². The Bertz CT molecular complexity index is 1340. The number of hydrogen-bond acceptors (Lipinski definition) is 5. The first kappa shape index (κ1) is 27.8. The van der Waals surface area contributed by atoms with Gasteiger partial charge < -0.3 is 25.0 Å². The third-order valence-corrected chi connectivity index (χ3v) is 9.26. The van der Waals surface area contributed by atoms with Crippen molar-refractivity contribution in [3.63, 3.8) is 0 Å². The van der Waals surface area contributed by atoms with E-state index in [0.717, 1.165) is 31.2 Å². The van der Waals surface area contributed by atoms with Gasteiger partial charge in [-0.05, 0) is 62.1 Å². The summed E-state index contributed by atoms with van der Waals surface area (Å²) >= 11 is 6.42. The normalized spacial score (nSPS) is 28.5. The quantitative estimate of drug-likeness (QED) is 0.427. The number of halogens is 1. The fraction of sp³-hybridized carbons (Fsp3) is 0.469. The first-order valence-corrected chi connectivity index (χ1v) is 15.0. The maximum Gasteiger partial charge on any atom is 0.246 e. The second-order valence-electron chi connectivity index (χ2n) is 11.4. The van der Waals surface area contributed by atoms with Crippen LogP contribution in [-0.2, 0) is 25.5 Å². The van der Waals surface area contributed by atoms with Crippen LogP contribution >= 0.6 is 11.6 Å². The lowest BCUT2D eigenvalue weighted by Gasteiger charge is -2.34. The van der Waals surface area contributed by atoms with E-state index in [1.54, 1.807) is 29.2 Å². The van der Waals surface area contributed by atoms with Crippen molar-refractivity contribution in [1.82, 2.24) is 10.2 Å². The molecule has 2 saturated heterocycles. The van der Waals surface area contributed by atoms with Gasteiger partial charge >= 0.3 is 0 Å². The summed E-state index contributed by atoms with van der Waals surface area (Å²) in [5.74, 6) is -1.60. The molecule has 3 heterocycles. The van der Waals surface area contributed by atoms with Crippen LogP contribution in [0.15, 0.2) is 60.7 Å². The summed E-state index contributed by atoms with van der Waals surface area (Å²) in [4.78, 5) is 43.4. The molecule has 3 aliphatic heterocycles. The van der Waals surface area contributed by atoms with Crippen molar-refractivity contribution in [2.45, 2.75) is 69.2 Å². The van der Waals surface area contributed by atoms with Gasteiger partial charge in [0.1, 0.15) is 17.4 Å². The Morgan fingerprint density at radius 3 is 2.56 bits per heavy atom. The van der Waals surface area contributed by atoms with E-state index in [9.17, 15) is 14.4 Å². The Hall–Kier alpha value is -3.36. The topological polar surface area (TPSA) is 97.0 Å². The summed E-state index contributed by atoms with van der Waals surface area (Å²) in [7, 11) is 0. The van der Waals surface area contributed by atoms with Crippen LogP contribution in [0.5, 0.6) is 5.75 Å². The Balaban J connectivity index is 1.27. The van der Waals surface area contributed by atoms with Gasteiger partial charge in [-0.25, -0.2) is 0 Å². The molecule has 2 aromatic carbocycles. The standard InChI is InChI=1S/C32H36ClN3O5/c1-2-40-23-14-12-22(13-15-23)34-29(37)26-25-16-18-32(41-25)27(26)31(39)36(19-17-20-8-6-7-11-24(20)33)28(32)30(38)35-21-9-4-3-5-10-21/h6-8,11-16,18,21,25-28H,2-5,9-10,17,19H2,1H3,(H,34,37)(H,35,38)/t25-,26+,27-,28+,32-/m1/s1. The highest BCUT2D eigenvalue weighted by Crippen LogP contribution is 2.55. The number of nitrogens with one attached hydrogen (secondary N) is 2. The monoisotopic (exact) mass is 577 g/mol. The molecule has 0 aromatic heterocycles. The van der Waals surface area contributed by atoms with E-state index in [4.69, 9.17) is 21.1 Å². The Morgan fingerprint density at radius 1 is 1.07 bits per heavy atom. The predicted molar refractivity (Wildman–Crippen MR) is 156 cm³/mol. The van der Waals surface area contributed by atoms with Crippen molar-refractivity contribution in [2.24, 2.45) is 11.8 Å². The lowest BCUT2D eigenvalue weighted by atomic mass is 9.74. The van der Waals surface area contributed by atoms with Crippen molar-refractivity contribution in [2.75, 3.05) is 18.5 Å². The van der Waals surface area contributed by atoms with E-state index >= 15 is 0 Å². The maximum absolute atomic E-state index is 14.2. The van der Waals surface area contributed by atoms with Crippen molar-refractivity contribution >= 4 is 35.0 Å². The minimum atomic E-state index is -1.19. The van der Waals surface area contributed by atoms with Crippen LogP contribution in [-0.4, -0.2) is 59.6 Å². The highest BCUT2D eigenvalue weighted by Gasteiger charge is 2.72. The zero-order valence-corrected chi connectivity index (χ0v) is 23.9. The number of carbonyl (C=O) groups is 3. The molecule has 9 heteroatoms. The van der Waals surface area contributed by atoms with Gasteiger partial charge in [-0.1, -0.05) is 61.2 Å². The number of amides is 3. The average molecular weight is 578 g/mol. The molecule has 3 fully saturated rings. The minimum absolute atomic E-state index is 0.0774. The van der Waals surface area contributed by atoms with Gasteiger partial charge in [0.15, 0.2) is 0 Å². The number of ether oxygens (including phenoxy) is 2. The van der Waals surface area contributed by atoms with Crippen molar-refractivity contribution < 1.29 is 23.9 Å². The fourth-order valence-electron chi connectivity index (χ4n) is 7.00. The number of rotatable bonds is 9. The van der Waals surface area contributed by atoms with E-state index in [2.05, 4.69) is 10.6 Å². The van der Waals surface area contributed by atoms with Crippen molar-refractivity contribution in [3.05, 3.63) is 71.3 Å². The smallest absolute Gasteiger partial charge is 0.246 e. The van der Waals surface area contributed by atoms with Gasteiger partial charge in [0.05, 0.1) is 24.5 Å². The molecule has 0 unspecified atom stereocenters. The molecule has 2 bridgehead atoms. The number of benzene rings is 2. The molecule has 1 saturated carbocycles. The van der Waals surface area contributed by atoms with Gasteiger partial charge in [-0.2, -0.15) is 0 Å². The van der Waals surface area contributed by atoms with Gasteiger partial charge in [0.2, 0.25) is 17.7 Å². The Morgan fingerprint density at radius 2 is 1.83 bits per heavy atom. The number of fused-ring (bicyclic) bond motifs is 1. The van der Waals surface area contributed by atoms with Gasteiger partial charge in [0, 0.05) is 23.3 Å². The molecule has 3 amide bonds. The molecule has 1 spiro atoms. The molecule has 2 N–H and O–H groups in total. The third-order valence-electron chi connectivity index (χ3n) is 8.89. The van der Waals surface area contributed by atoms with Crippen LogP contribution in [0.25, 0.3) is 0 Å². The van der Waals surface area contributed by atoms with E-state index in [1.165, 1.54) is 6.42 Å². The maximum atomic E-state index is 14.2. The van der Waals surface area contributed by atoms with Crippen molar-refractivity contribution in [3.8, 4) is 5.75 Å². The summed E-state index contributed by atoms with van der Waals surface area (Å²) < 4.78 is 12.0. The first-order valence-electron chi connectivity index (χ1n) is 14.7. The van der Waals surface area contributed by atoms with Crippen LogP contribution in [0, 0.1) is 11.8 Å². The van der Waals surface area contributed by atoms with E-state index in [1.807, 2.05) is 43.3 Å². The largest absolute Gasteiger partial charge is 0.494 e. The van der Waals surface area contributed by atoms with Crippen LogP contribution in [0.3, 0.4) is 0 Å². The zero-order valence-electron chi connectivity index (χ0n) is 23.2. The van der Waals surface area contributed by atoms with E-state index in [0.29, 0.717) is 36.0 Å². The highest BCUT2D eigenvalue weighted by molar-refractivity contribution is 6.31. The number of likely N-dealkylation sites (tertiary alicyclic amines) is 1. The molecule has 6 rings (SSSR count). The van der Waals surface area contributed by atoms with Crippen LogP contribution in [0.4, 0.5) is 5.69 Å². The number of carbonyl (C=O) groups excluding carboxylic acids is 3. The van der Waals surface area contributed by atoms with Crippen LogP contribution < -0.4 is 15.4 Å². The van der Waals surface area contributed by atoms with Crippen LogP contribution in [0.2, 0.25) is 5.02 Å². The van der Waals surface area contributed by atoms with Crippen LogP contribution in [0.1, 0.15) is 44.6 Å². The highest BCUT2D eigenvalue weighted by atomic mass is 35.5. The lowest BCUT2D eigenvalue weighted by molar-refractivity contribution is -0.141. The number of hydrogen-bond donors (Lipinski definition) is 2. The van der Waals surface area contributed by atoms with E-state index < -0.39 is 29.6 Å². The summed E-state index contributed by atoms with van der Waals surface area (Å²) in [6.07, 6.45) is 8.76. The number of anilines is 1.